The Labute approximate surface area is 184 Å². The van der Waals surface area contributed by atoms with Gasteiger partial charge < -0.3 is 10.2 Å². The molecule has 0 aromatic heterocycles. The van der Waals surface area contributed by atoms with Crippen LogP contribution < -0.4 is 5.32 Å². The molecule has 0 bridgehead atoms. The second kappa shape index (κ2) is 11.5. The number of halogens is 2. The summed E-state index contributed by atoms with van der Waals surface area (Å²) in [5, 5.41) is 3.50. The highest BCUT2D eigenvalue weighted by Gasteiger charge is 2.25. The van der Waals surface area contributed by atoms with Gasteiger partial charge in [-0.3, -0.25) is 9.59 Å². The fourth-order valence-corrected chi connectivity index (χ4v) is 4.08. The van der Waals surface area contributed by atoms with Crippen molar-refractivity contribution >= 4 is 51.1 Å². The molecule has 0 aliphatic carbocycles. The SMILES string of the molecule is CCNC(=O)C(C)N(Cc1cccc(Br)c1)C(=O)CCSc1ccc(Cl)cc1. The first-order chi connectivity index (χ1) is 13.4. The molecule has 0 saturated carbocycles. The van der Waals surface area contributed by atoms with Crippen molar-refractivity contribution < 1.29 is 9.59 Å². The molecule has 150 valence electrons. The van der Waals surface area contributed by atoms with E-state index in [-0.39, 0.29) is 11.8 Å². The molecule has 2 aromatic carbocycles. The van der Waals surface area contributed by atoms with Crippen molar-refractivity contribution in [1.29, 1.82) is 0 Å². The normalized spacial score (nSPS) is 11.7. The summed E-state index contributed by atoms with van der Waals surface area (Å²) in [7, 11) is 0. The average Bonchev–Trinajstić information content (AvgIpc) is 2.67. The molecule has 1 N–H and O–H groups in total. The average molecular weight is 484 g/mol. The van der Waals surface area contributed by atoms with Crippen LogP contribution in [0.3, 0.4) is 0 Å². The highest BCUT2D eigenvalue weighted by molar-refractivity contribution is 9.10. The van der Waals surface area contributed by atoms with E-state index in [1.54, 1.807) is 23.6 Å². The quantitative estimate of drug-likeness (QED) is 0.503. The highest BCUT2D eigenvalue weighted by Crippen LogP contribution is 2.22. The number of nitrogens with zero attached hydrogens (tertiary/aromatic N) is 1. The Morgan fingerprint density at radius 2 is 1.93 bits per heavy atom. The van der Waals surface area contributed by atoms with E-state index in [1.165, 1.54) is 0 Å². The highest BCUT2D eigenvalue weighted by atomic mass is 79.9. The Kier molecular flexibility index (Phi) is 9.35. The zero-order valence-electron chi connectivity index (χ0n) is 16.0. The van der Waals surface area contributed by atoms with E-state index in [0.717, 1.165) is 14.9 Å². The Morgan fingerprint density at radius 3 is 2.57 bits per heavy atom. The van der Waals surface area contributed by atoms with Gasteiger partial charge in [0.15, 0.2) is 0 Å². The van der Waals surface area contributed by atoms with E-state index in [9.17, 15) is 9.59 Å². The zero-order chi connectivity index (χ0) is 20.5. The molecule has 4 nitrogen and oxygen atoms in total. The third-order valence-electron chi connectivity index (χ3n) is 4.16. The van der Waals surface area contributed by atoms with Gasteiger partial charge in [-0.25, -0.2) is 0 Å². The third-order valence-corrected chi connectivity index (χ3v) is 5.92. The van der Waals surface area contributed by atoms with Gasteiger partial charge in [0, 0.05) is 39.7 Å². The van der Waals surface area contributed by atoms with Gasteiger partial charge in [-0.2, -0.15) is 0 Å². The van der Waals surface area contributed by atoms with Gasteiger partial charge in [0.25, 0.3) is 0 Å². The molecule has 1 atom stereocenters. The van der Waals surface area contributed by atoms with Crippen LogP contribution in [0, 0.1) is 0 Å². The van der Waals surface area contributed by atoms with E-state index in [2.05, 4.69) is 21.2 Å². The molecule has 28 heavy (non-hydrogen) atoms. The second-order valence-corrected chi connectivity index (χ2v) is 8.79. The molecular weight excluding hydrogens is 460 g/mol. The van der Waals surface area contributed by atoms with Crippen molar-refractivity contribution in [1.82, 2.24) is 10.2 Å². The van der Waals surface area contributed by atoms with Crippen molar-refractivity contribution in [3.63, 3.8) is 0 Å². The van der Waals surface area contributed by atoms with Crippen LogP contribution in [0.25, 0.3) is 0 Å². The number of thioether (sulfide) groups is 1. The summed E-state index contributed by atoms with van der Waals surface area (Å²) in [5.41, 5.74) is 0.976. The summed E-state index contributed by atoms with van der Waals surface area (Å²) in [6, 6.07) is 14.8. The first-order valence-electron chi connectivity index (χ1n) is 9.10. The molecule has 0 spiro atoms. The number of carbonyl (C=O) groups is 2. The van der Waals surface area contributed by atoms with Crippen LogP contribution in [-0.4, -0.2) is 35.1 Å². The van der Waals surface area contributed by atoms with Gasteiger partial charge in [0.1, 0.15) is 6.04 Å². The van der Waals surface area contributed by atoms with Crippen molar-refractivity contribution in [2.24, 2.45) is 0 Å². The molecule has 2 aromatic rings. The van der Waals surface area contributed by atoms with Crippen LogP contribution in [0.5, 0.6) is 0 Å². The van der Waals surface area contributed by atoms with Crippen LogP contribution in [-0.2, 0) is 16.1 Å². The summed E-state index contributed by atoms with van der Waals surface area (Å²) < 4.78 is 0.946. The van der Waals surface area contributed by atoms with Gasteiger partial charge in [0.2, 0.25) is 11.8 Å². The molecule has 0 aliphatic rings. The van der Waals surface area contributed by atoms with E-state index in [0.29, 0.717) is 30.3 Å². The lowest BCUT2D eigenvalue weighted by Crippen LogP contribution is -2.47. The number of hydrogen-bond acceptors (Lipinski definition) is 3. The van der Waals surface area contributed by atoms with Gasteiger partial charge in [-0.15, -0.1) is 11.8 Å². The Balaban J connectivity index is 2.04. The summed E-state index contributed by atoms with van der Waals surface area (Å²) in [5.74, 6) is 0.453. The minimum absolute atomic E-state index is 0.0415. The first-order valence-corrected chi connectivity index (χ1v) is 11.3. The molecule has 2 rings (SSSR count). The molecule has 1 unspecified atom stereocenters. The van der Waals surface area contributed by atoms with Crippen LogP contribution in [0.1, 0.15) is 25.8 Å². The zero-order valence-corrected chi connectivity index (χ0v) is 19.1. The van der Waals surface area contributed by atoms with E-state index in [4.69, 9.17) is 11.6 Å². The van der Waals surface area contributed by atoms with Crippen molar-refractivity contribution in [3.8, 4) is 0 Å². The fraction of sp³-hybridized carbons (Fsp3) is 0.333. The van der Waals surface area contributed by atoms with E-state index >= 15 is 0 Å². The summed E-state index contributed by atoms with van der Waals surface area (Å²) in [6.45, 7) is 4.57. The van der Waals surface area contributed by atoms with Crippen LogP contribution >= 0.6 is 39.3 Å². The van der Waals surface area contributed by atoms with Crippen LogP contribution in [0.15, 0.2) is 57.9 Å². The topological polar surface area (TPSA) is 49.4 Å². The lowest BCUT2D eigenvalue weighted by Gasteiger charge is -2.28. The molecule has 2 amide bonds. The largest absolute Gasteiger partial charge is 0.355 e. The Bertz CT molecular complexity index is 801. The Morgan fingerprint density at radius 1 is 1.21 bits per heavy atom. The number of rotatable bonds is 9. The minimum Gasteiger partial charge on any atom is -0.355 e. The third kappa shape index (κ3) is 7.15. The molecule has 0 heterocycles. The van der Waals surface area contributed by atoms with Gasteiger partial charge in [0.05, 0.1) is 0 Å². The molecule has 0 fully saturated rings. The molecule has 7 heteroatoms. The number of benzene rings is 2. The number of hydrogen-bond donors (Lipinski definition) is 1. The summed E-state index contributed by atoms with van der Waals surface area (Å²) >= 11 is 11.0. The maximum atomic E-state index is 12.9. The molecule has 0 radical (unpaired) electrons. The maximum absolute atomic E-state index is 12.9. The molecular formula is C21H24BrClN2O2S. The van der Waals surface area contributed by atoms with Crippen LogP contribution in [0.4, 0.5) is 0 Å². The number of likely N-dealkylation sites (N-methyl/N-ethyl adjacent to an activating group) is 1. The molecule has 0 aliphatic heterocycles. The maximum Gasteiger partial charge on any atom is 0.242 e. The van der Waals surface area contributed by atoms with Crippen LogP contribution in [0.2, 0.25) is 5.02 Å². The monoisotopic (exact) mass is 482 g/mol. The second-order valence-electron chi connectivity index (χ2n) is 6.27. The molecule has 0 saturated heterocycles. The predicted octanol–water partition coefficient (Wildman–Crippen LogP) is 5.14. The van der Waals surface area contributed by atoms with Gasteiger partial charge >= 0.3 is 0 Å². The number of carbonyl (C=O) groups excluding carboxylic acids is 2. The van der Waals surface area contributed by atoms with Crippen molar-refractivity contribution in [2.45, 2.75) is 37.8 Å². The van der Waals surface area contributed by atoms with Gasteiger partial charge in [-0.1, -0.05) is 39.7 Å². The predicted molar refractivity (Wildman–Crippen MR) is 120 cm³/mol. The standard InChI is InChI=1S/C21H24BrClN2O2S/c1-3-24-21(27)15(2)25(14-16-5-4-6-17(22)13-16)20(26)11-12-28-19-9-7-18(23)8-10-19/h4-10,13,15H,3,11-12,14H2,1-2H3,(H,24,27). The fourth-order valence-electron chi connectivity index (χ4n) is 2.67. The van der Waals surface area contributed by atoms with Gasteiger partial charge in [-0.05, 0) is 55.8 Å². The first kappa shape index (κ1) is 22.8. The Hall–Kier alpha value is -1.50. The smallest absolute Gasteiger partial charge is 0.242 e. The number of amides is 2. The number of nitrogens with one attached hydrogen (secondary N) is 1. The minimum atomic E-state index is -0.535. The van der Waals surface area contributed by atoms with Crippen molar-refractivity contribution in [2.75, 3.05) is 12.3 Å². The van der Waals surface area contributed by atoms with Crippen molar-refractivity contribution in [3.05, 3.63) is 63.6 Å². The summed E-state index contributed by atoms with van der Waals surface area (Å²) in [4.78, 5) is 28.0. The lowest BCUT2D eigenvalue weighted by molar-refractivity contribution is -0.140. The van der Waals surface area contributed by atoms with E-state index < -0.39 is 6.04 Å². The summed E-state index contributed by atoms with van der Waals surface area (Å²) in [6.07, 6.45) is 0.352. The lowest BCUT2D eigenvalue weighted by atomic mass is 10.1. The van der Waals surface area contributed by atoms with E-state index in [1.807, 2.05) is 55.5 Å².